The Labute approximate surface area is 130 Å². The average molecular weight is 324 g/mol. The number of hydrogen-bond donors (Lipinski definition) is 2. The summed E-state index contributed by atoms with van der Waals surface area (Å²) in [5.74, 6) is -0.216. The first-order chi connectivity index (χ1) is 10.2. The van der Waals surface area contributed by atoms with Crippen LogP contribution in [0.15, 0.2) is 16.8 Å². The molecule has 2 aromatic rings. The van der Waals surface area contributed by atoms with E-state index >= 15 is 0 Å². The summed E-state index contributed by atoms with van der Waals surface area (Å²) in [5.41, 5.74) is 0.658. The van der Waals surface area contributed by atoms with Crippen LogP contribution >= 0.6 is 22.7 Å². The van der Waals surface area contributed by atoms with Crippen LogP contribution in [0.25, 0.3) is 0 Å². The van der Waals surface area contributed by atoms with Gasteiger partial charge in [0.05, 0.1) is 0 Å². The van der Waals surface area contributed by atoms with E-state index in [0.717, 1.165) is 11.4 Å². The molecule has 0 aliphatic heterocycles. The lowest BCUT2D eigenvalue weighted by molar-refractivity contribution is -0.116. The fourth-order valence-corrected chi connectivity index (χ4v) is 2.91. The molecule has 0 aromatic carbocycles. The molecular formula is C13H16N4O2S2. The van der Waals surface area contributed by atoms with Crippen LogP contribution in [-0.4, -0.2) is 28.6 Å². The Morgan fingerprint density at radius 1 is 1.33 bits per heavy atom. The number of carbonyl (C=O) groups is 2. The zero-order valence-electron chi connectivity index (χ0n) is 11.6. The van der Waals surface area contributed by atoms with Gasteiger partial charge in [0.15, 0.2) is 0 Å². The molecule has 6 nitrogen and oxygen atoms in total. The fourth-order valence-electron chi connectivity index (χ4n) is 1.58. The molecule has 2 heterocycles. The second-order valence-electron chi connectivity index (χ2n) is 4.27. The van der Waals surface area contributed by atoms with Crippen LogP contribution in [0, 0.1) is 0 Å². The van der Waals surface area contributed by atoms with Crippen LogP contribution in [0.1, 0.15) is 35.1 Å². The van der Waals surface area contributed by atoms with Gasteiger partial charge in [-0.2, -0.15) is 11.3 Å². The minimum Gasteiger partial charge on any atom is -0.352 e. The van der Waals surface area contributed by atoms with Crippen molar-refractivity contribution in [3.05, 3.63) is 27.4 Å². The number of anilines is 1. The van der Waals surface area contributed by atoms with Crippen LogP contribution in [0.5, 0.6) is 0 Å². The Morgan fingerprint density at radius 3 is 2.86 bits per heavy atom. The number of nitrogens with one attached hydrogen (secondary N) is 2. The van der Waals surface area contributed by atoms with Gasteiger partial charge in [0, 0.05) is 23.9 Å². The van der Waals surface area contributed by atoms with E-state index in [2.05, 4.69) is 20.8 Å². The third-order valence-electron chi connectivity index (χ3n) is 2.67. The van der Waals surface area contributed by atoms with Gasteiger partial charge in [-0.3, -0.25) is 9.59 Å². The Hall–Kier alpha value is -1.80. The second kappa shape index (κ2) is 7.84. The quantitative estimate of drug-likeness (QED) is 0.766. The van der Waals surface area contributed by atoms with E-state index in [1.54, 1.807) is 11.4 Å². The predicted octanol–water partition coefficient (Wildman–Crippen LogP) is 2.31. The third-order valence-corrected chi connectivity index (χ3v) is 4.33. The van der Waals surface area contributed by atoms with Crippen LogP contribution in [0.3, 0.4) is 0 Å². The van der Waals surface area contributed by atoms with Gasteiger partial charge in [0.25, 0.3) is 5.91 Å². The molecule has 0 unspecified atom stereocenters. The van der Waals surface area contributed by atoms with Gasteiger partial charge >= 0.3 is 0 Å². The van der Waals surface area contributed by atoms with Gasteiger partial charge in [-0.25, -0.2) is 0 Å². The lowest BCUT2D eigenvalue weighted by atomic mass is 10.2. The summed E-state index contributed by atoms with van der Waals surface area (Å²) >= 11 is 2.86. The van der Waals surface area contributed by atoms with Crippen molar-refractivity contribution in [1.29, 1.82) is 0 Å². The van der Waals surface area contributed by atoms with E-state index in [9.17, 15) is 9.59 Å². The molecule has 0 fully saturated rings. The number of aromatic nitrogens is 2. The van der Waals surface area contributed by atoms with Gasteiger partial charge in [-0.1, -0.05) is 18.3 Å². The van der Waals surface area contributed by atoms with Crippen molar-refractivity contribution in [2.75, 3.05) is 11.9 Å². The number of hydrogen-bond acceptors (Lipinski definition) is 6. The first-order valence-electron chi connectivity index (χ1n) is 6.61. The summed E-state index contributed by atoms with van der Waals surface area (Å²) in [6, 6.07) is 1.77. The van der Waals surface area contributed by atoms with Gasteiger partial charge in [0.2, 0.25) is 11.0 Å². The molecule has 8 heteroatoms. The lowest BCUT2D eigenvalue weighted by Gasteiger charge is -2.03. The highest BCUT2D eigenvalue weighted by atomic mass is 32.1. The molecule has 2 amide bonds. The Bertz CT molecular complexity index is 595. The van der Waals surface area contributed by atoms with Crippen LogP contribution < -0.4 is 10.6 Å². The number of amides is 2. The fraction of sp³-hybridized carbons (Fsp3) is 0.385. The number of nitrogens with zero attached hydrogens (tertiary/aromatic N) is 2. The van der Waals surface area contributed by atoms with Crippen molar-refractivity contribution in [1.82, 2.24) is 15.5 Å². The zero-order chi connectivity index (χ0) is 15.1. The van der Waals surface area contributed by atoms with E-state index in [1.807, 2.05) is 12.3 Å². The molecule has 2 rings (SSSR count). The van der Waals surface area contributed by atoms with Crippen molar-refractivity contribution >= 4 is 39.6 Å². The van der Waals surface area contributed by atoms with Crippen molar-refractivity contribution in [3.63, 3.8) is 0 Å². The maximum Gasteiger partial charge on any atom is 0.252 e. The first-order valence-corrected chi connectivity index (χ1v) is 8.37. The maximum atomic E-state index is 11.7. The molecule has 0 aliphatic carbocycles. The lowest BCUT2D eigenvalue weighted by Crippen LogP contribution is -2.25. The van der Waals surface area contributed by atoms with E-state index < -0.39 is 0 Å². The molecule has 0 bridgehead atoms. The van der Waals surface area contributed by atoms with Crippen molar-refractivity contribution in [2.24, 2.45) is 0 Å². The number of rotatable bonds is 7. The Kier molecular flexibility index (Phi) is 5.82. The van der Waals surface area contributed by atoms with Gasteiger partial charge in [0.1, 0.15) is 5.01 Å². The molecule has 2 N–H and O–H groups in total. The van der Waals surface area contributed by atoms with E-state index in [4.69, 9.17) is 0 Å². The topological polar surface area (TPSA) is 84.0 Å². The number of thiophene rings is 1. The Balaban J connectivity index is 1.64. The smallest absolute Gasteiger partial charge is 0.252 e. The molecule has 0 radical (unpaired) electrons. The minimum atomic E-state index is -0.112. The molecule has 112 valence electrons. The molecule has 0 aliphatic rings. The normalized spacial score (nSPS) is 10.3. The molecule has 2 aromatic heterocycles. The van der Waals surface area contributed by atoms with Crippen LogP contribution in [-0.2, 0) is 11.2 Å². The third kappa shape index (κ3) is 4.91. The summed E-state index contributed by atoms with van der Waals surface area (Å²) in [6.45, 7) is 2.46. The second-order valence-corrected chi connectivity index (χ2v) is 6.12. The standard InChI is InChI=1S/C13H16N4O2S2/c1-2-11-16-17-13(21-11)15-10(18)4-3-6-14-12(19)9-5-7-20-8-9/h5,7-8H,2-4,6H2,1H3,(H,14,19)(H,15,17,18). The monoisotopic (exact) mass is 324 g/mol. The van der Waals surface area contributed by atoms with Gasteiger partial charge in [-0.05, 0) is 24.3 Å². The molecule has 0 saturated carbocycles. The van der Waals surface area contributed by atoms with Crippen molar-refractivity contribution in [3.8, 4) is 0 Å². The van der Waals surface area contributed by atoms with E-state index in [0.29, 0.717) is 30.1 Å². The maximum absolute atomic E-state index is 11.7. The number of carbonyl (C=O) groups excluding carboxylic acids is 2. The van der Waals surface area contributed by atoms with Crippen molar-refractivity contribution < 1.29 is 9.59 Å². The predicted molar refractivity (Wildman–Crippen MR) is 83.8 cm³/mol. The van der Waals surface area contributed by atoms with E-state index in [-0.39, 0.29) is 11.8 Å². The SMILES string of the molecule is CCc1nnc(NC(=O)CCCNC(=O)c2ccsc2)s1. The molecule has 0 atom stereocenters. The highest BCUT2D eigenvalue weighted by Crippen LogP contribution is 2.15. The summed E-state index contributed by atoms with van der Waals surface area (Å²) in [5, 5.41) is 18.4. The number of aryl methyl sites for hydroxylation is 1. The Morgan fingerprint density at radius 2 is 2.19 bits per heavy atom. The molecular weight excluding hydrogens is 308 g/mol. The highest BCUT2D eigenvalue weighted by Gasteiger charge is 2.08. The van der Waals surface area contributed by atoms with Crippen molar-refractivity contribution in [2.45, 2.75) is 26.2 Å². The molecule has 0 saturated heterocycles. The molecule has 21 heavy (non-hydrogen) atoms. The summed E-state index contributed by atoms with van der Waals surface area (Å²) < 4.78 is 0. The van der Waals surface area contributed by atoms with Gasteiger partial charge < -0.3 is 10.6 Å². The van der Waals surface area contributed by atoms with Crippen LogP contribution in [0.4, 0.5) is 5.13 Å². The van der Waals surface area contributed by atoms with Gasteiger partial charge in [-0.15, -0.1) is 10.2 Å². The first kappa shape index (κ1) is 15.6. The zero-order valence-corrected chi connectivity index (χ0v) is 13.2. The summed E-state index contributed by atoms with van der Waals surface area (Å²) in [4.78, 5) is 23.4. The average Bonchev–Trinajstić information content (AvgIpc) is 3.14. The van der Waals surface area contributed by atoms with E-state index in [1.165, 1.54) is 22.7 Å². The minimum absolute atomic E-state index is 0.103. The highest BCUT2D eigenvalue weighted by molar-refractivity contribution is 7.15. The summed E-state index contributed by atoms with van der Waals surface area (Å²) in [7, 11) is 0. The van der Waals surface area contributed by atoms with Crippen LogP contribution in [0.2, 0.25) is 0 Å². The largest absolute Gasteiger partial charge is 0.352 e. The summed E-state index contributed by atoms with van der Waals surface area (Å²) in [6.07, 6.45) is 1.73. The molecule has 0 spiro atoms.